The van der Waals surface area contributed by atoms with E-state index in [0.29, 0.717) is 11.8 Å². The Morgan fingerprint density at radius 1 is 1.26 bits per heavy atom. The van der Waals surface area contributed by atoms with Crippen LogP contribution in [0.5, 0.6) is 0 Å². The van der Waals surface area contributed by atoms with E-state index in [-0.39, 0.29) is 24.0 Å². The second-order valence-corrected chi connectivity index (χ2v) is 7.25. The van der Waals surface area contributed by atoms with E-state index in [9.17, 15) is 0 Å². The van der Waals surface area contributed by atoms with Crippen LogP contribution in [-0.4, -0.2) is 52.0 Å². The number of rotatable bonds is 11. The minimum Gasteiger partial charge on any atom is -0.469 e. The van der Waals surface area contributed by atoms with Crippen molar-refractivity contribution in [3.05, 3.63) is 24.2 Å². The summed E-state index contributed by atoms with van der Waals surface area (Å²) in [6, 6.07) is 3.91. The summed E-state index contributed by atoms with van der Waals surface area (Å²) in [6.45, 7) is 10.2. The summed E-state index contributed by atoms with van der Waals surface area (Å²) in [5.41, 5.74) is 0. The molecule has 0 aliphatic carbocycles. The quantitative estimate of drug-likeness (QED) is 0.214. The third kappa shape index (κ3) is 11.6. The standard InChI is InChI=1S/C20H35N3O3.HI/c1-17(2)15-23-20(22-10-6-19-5-3-12-26-19)21-9-4-11-25-16-18-7-13-24-14-8-18;/h3,5,12,17-18H,4,6-11,13-16H2,1-2H3,(H2,21,22,23);1H. The van der Waals surface area contributed by atoms with E-state index in [1.54, 1.807) is 6.26 Å². The zero-order valence-electron chi connectivity index (χ0n) is 16.7. The van der Waals surface area contributed by atoms with Crippen molar-refractivity contribution < 1.29 is 13.9 Å². The van der Waals surface area contributed by atoms with E-state index in [1.165, 1.54) is 0 Å². The molecule has 0 saturated carbocycles. The van der Waals surface area contributed by atoms with Gasteiger partial charge in [-0.1, -0.05) is 13.8 Å². The van der Waals surface area contributed by atoms with Crippen LogP contribution in [0.2, 0.25) is 0 Å². The number of guanidine groups is 1. The van der Waals surface area contributed by atoms with Gasteiger partial charge in [0.25, 0.3) is 0 Å². The second kappa shape index (κ2) is 15.2. The van der Waals surface area contributed by atoms with Crippen LogP contribution in [0.25, 0.3) is 0 Å². The number of hydrogen-bond donors (Lipinski definition) is 2. The summed E-state index contributed by atoms with van der Waals surface area (Å²) in [5, 5.41) is 6.78. The fourth-order valence-corrected chi connectivity index (χ4v) is 2.75. The van der Waals surface area contributed by atoms with Gasteiger partial charge in [-0.2, -0.15) is 0 Å². The van der Waals surface area contributed by atoms with Crippen molar-refractivity contribution in [2.75, 3.05) is 46.1 Å². The Labute approximate surface area is 180 Å². The fourth-order valence-electron chi connectivity index (χ4n) is 2.75. The summed E-state index contributed by atoms with van der Waals surface area (Å²) in [6.07, 6.45) is 5.79. The van der Waals surface area contributed by atoms with Crippen molar-refractivity contribution in [2.45, 2.75) is 39.5 Å². The zero-order valence-corrected chi connectivity index (χ0v) is 19.1. The molecule has 2 N–H and O–H groups in total. The van der Waals surface area contributed by atoms with Gasteiger partial charge in [-0.25, -0.2) is 0 Å². The molecule has 27 heavy (non-hydrogen) atoms. The molecule has 1 aliphatic rings. The number of halogens is 1. The predicted octanol–water partition coefficient (Wildman–Crippen LogP) is 3.46. The van der Waals surface area contributed by atoms with Crippen LogP contribution in [0.3, 0.4) is 0 Å². The maximum atomic E-state index is 5.82. The lowest BCUT2D eigenvalue weighted by Crippen LogP contribution is -2.39. The van der Waals surface area contributed by atoms with E-state index in [0.717, 1.165) is 83.5 Å². The van der Waals surface area contributed by atoms with E-state index in [4.69, 9.17) is 13.9 Å². The Balaban J connectivity index is 0.00000364. The van der Waals surface area contributed by atoms with Crippen LogP contribution in [-0.2, 0) is 15.9 Å². The first-order valence-electron chi connectivity index (χ1n) is 9.94. The van der Waals surface area contributed by atoms with Crippen molar-refractivity contribution in [1.29, 1.82) is 0 Å². The lowest BCUT2D eigenvalue weighted by Gasteiger charge is -2.21. The lowest BCUT2D eigenvalue weighted by atomic mass is 10.0. The van der Waals surface area contributed by atoms with Crippen molar-refractivity contribution in [3.8, 4) is 0 Å². The van der Waals surface area contributed by atoms with Crippen LogP contribution < -0.4 is 10.6 Å². The van der Waals surface area contributed by atoms with Gasteiger partial charge in [0.15, 0.2) is 5.96 Å². The minimum atomic E-state index is 0. The average molecular weight is 493 g/mol. The Morgan fingerprint density at radius 2 is 2.04 bits per heavy atom. The van der Waals surface area contributed by atoms with Gasteiger partial charge in [-0.15, -0.1) is 24.0 Å². The normalized spacial score (nSPS) is 15.6. The van der Waals surface area contributed by atoms with E-state index in [1.807, 2.05) is 12.1 Å². The lowest BCUT2D eigenvalue weighted by molar-refractivity contribution is 0.0203. The molecule has 1 fully saturated rings. The highest BCUT2D eigenvalue weighted by Crippen LogP contribution is 2.14. The molecule has 1 aromatic heterocycles. The van der Waals surface area contributed by atoms with Crippen LogP contribution in [0.4, 0.5) is 0 Å². The largest absolute Gasteiger partial charge is 0.469 e. The Morgan fingerprint density at radius 3 is 2.74 bits per heavy atom. The summed E-state index contributed by atoms with van der Waals surface area (Å²) in [7, 11) is 0. The van der Waals surface area contributed by atoms with Crippen molar-refractivity contribution in [2.24, 2.45) is 16.8 Å². The molecule has 2 rings (SSSR count). The van der Waals surface area contributed by atoms with Crippen molar-refractivity contribution in [1.82, 2.24) is 10.6 Å². The molecular formula is C20H36IN3O3. The molecule has 0 aromatic carbocycles. The Hall–Kier alpha value is -0.800. The summed E-state index contributed by atoms with van der Waals surface area (Å²) in [5.74, 6) is 3.07. The molecule has 0 radical (unpaired) electrons. The molecule has 1 saturated heterocycles. The topological polar surface area (TPSA) is 68.0 Å². The Bertz CT molecular complexity index is 489. The Kier molecular flexibility index (Phi) is 13.6. The van der Waals surface area contributed by atoms with Crippen molar-refractivity contribution >= 4 is 29.9 Å². The third-order valence-electron chi connectivity index (χ3n) is 4.31. The first-order chi connectivity index (χ1) is 12.7. The smallest absolute Gasteiger partial charge is 0.191 e. The molecule has 2 heterocycles. The van der Waals surface area contributed by atoms with E-state index >= 15 is 0 Å². The highest BCUT2D eigenvalue weighted by Gasteiger charge is 2.13. The van der Waals surface area contributed by atoms with Gasteiger partial charge in [0, 0.05) is 52.5 Å². The molecule has 1 aliphatic heterocycles. The minimum absolute atomic E-state index is 0. The molecule has 1 aromatic rings. The number of ether oxygens (including phenoxy) is 2. The SMILES string of the molecule is CC(C)CN=C(NCCCOCC1CCOCC1)NCCc1ccco1.I. The first-order valence-corrected chi connectivity index (χ1v) is 9.94. The van der Waals surface area contributed by atoms with Crippen LogP contribution in [0, 0.1) is 11.8 Å². The highest BCUT2D eigenvalue weighted by atomic mass is 127. The first kappa shape index (κ1) is 24.2. The monoisotopic (exact) mass is 493 g/mol. The number of aliphatic imine (C=N–C) groups is 1. The van der Waals surface area contributed by atoms with Gasteiger partial charge >= 0.3 is 0 Å². The van der Waals surface area contributed by atoms with Gasteiger partial charge in [0.1, 0.15) is 5.76 Å². The molecule has 7 heteroatoms. The highest BCUT2D eigenvalue weighted by molar-refractivity contribution is 14.0. The summed E-state index contributed by atoms with van der Waals surface area (Å²) >= 11 is 0. The van der Waals surface area contributed by atoms with E-state index < -0.39 is 0 Å². The van der Waals surface area contributed by atoms with Crippen molar-refractivity contribution in [3.63, 3.8) is 0 Å². The van der Waals surface area contributed by atoms with Crippen LogP contribution in [0.15, 0.2) is 27.8 Å². The van der Waals surface area contributed by atoms with Gasteiger partial charge < -0.3 is 24.5 Å². The number of hydrogen-bond acceptors (Lipinski definition) is 4. The average Bonchev–Trinajstić information content (AvgIpc) is 3.16. The third-order valence-corrected chi connectivity index (χ3v) is 4.31. The van der Waals surface area contributed by atoms with Crippen LogP contribution in [0.1, 0.15) is 38.9 Å². The molecule has 0 amide bonds. The molecular weight excluding hydrogens is 457 g/mol. The van der Waals surface area contributed by atoms with E-state index in [2.05, 4.69) is 29.5 Å². The van der Waals surface area contributed by atoms with Gasteiger partial charge in [0.2, 0.25) is 0 Å². The zero-order chi connectivity index (χ0) is 18.5. The van der Waals surface area contributed by atoms with Gasteiger partial charge in [0.05, 0.1) is 6.26 Å². The summed E-state index contributed by atoms with van der Waals surface area (Å²) < 4.78 is 16.6. The molecule has 0 bridgehead atoms. The van der Waals surface area contributed by atoms with Gasteiger partial charge in [-0.05, 0) is 43.2 Å². The number of furan rings is 1. The second-order valence-electron chi connectivity index (χ2n) is 7.25. The molecule has 0 unspecified atom stereocenters. The number of nitrogens with one attached hydrogen (secondary N) is 2. The maximum absolute atomic E-state index is 5.82. The maximum Gasteiger partial charge on any atom is 0.191 e. The van der Waals surface area contributed by atoms with Crippen LogP contribution >= 0.6 is 24.0 Å². The molecule has 6 nitrogen and oxygen atoms in total. The molecule has 0 atom stereocenters. The predicted molar refractivity (Wildman–Crippen MR) is 120 cm³/mol. The number of nitrogens with zero attached hydrogens (tertiary/aromatic N) is 1. The fraction of sp³-hybridized carbons (Fsp3) is 0.750. The summed E-state index contributed by atoms with van der Waals surface area (Å²) in [4.78, 5) is 4.64. The molecule has 156 valence electrons. The molecule has 0 spiro atoms. The van der Waals surface area contributed by atoms with Gasteiger partial charge in [-0.3, -0.25) is 4.99 Å².